The highest BCUT2D eigenvalue weighted by Gasteiger charge is 2.37. The van der Waals surface area contributed by atoms with Gasteiger partial charge in [-0.15, -0.1) is 0 Å². The first-order valence-corrected chi connectivity index (χ1v) is 5.99. The molecule has 2 atom stereocenters. The van der Waals surface area contributed by atoms with E-state index >= 15 is 0 Å². The van der Waals surface area contributed by atoms with Gasteiger partial charge in [0.2, 0.25) is 0 Å². The number of aromatic nitrogens is 1. The molecule has 0 spiro atoms. The summed E-state index contributed by atoms with van der Waals surface area (Å²) >= 11 is 0. The molecule has 1 aromatic heterocycles. The van der Waals surface area contributed by atoms with E-state index in [2.05, 4.69) is 10.3 Å². The Morgan fingerprint density at radius 1 is 1.53 bits per heavy atom. The second kappa shape index (κ2) is 5.23. The number of nitrogen functional groups attached to an aromatic ring is 1. The fourth-order valence-corrected chi connectivity index (χ4v) is 2.24. The first-order chi connectivity index (χ1) is 9.00. The van der Waals surface area contributed by atoms with Crippen molar-refractivity contribution in [3.63, 3.8) is 0 Å². The molecule has 1 saturated heterocycles. The number of carboxylic acid groups (broad SMARTS) is 1. The zero-order valence-electron chi connectivity index (χ0n) is 10.5. The van der Waals surface area contributed by atoms with Gasteiger partial charge in [0.1, 0.15) is 11.9 Å². The number of anilines is 1. The molecular weight excluding hydrogens is 248 g/mol. The summed E-state index contributed by atoms with van der Waals surface area (Å²) < 4.78 is 0. The van der Waals surface area contributed by atoms with Gasteiger partial charge in [-0.25, -0.2) is 9.78 Å². The van der Waals surface area contributed by atoms with E-state index in [0.29, 0.717) is 24.5 Å². The number of Topliss-reactive ketones (excluding diaryl/α,β-unsaturated/α-hetero) is 1. The smallest absolute Gasteiger partial charge is 0.408 e. The molecule has 0 bridgehead atoms. The van der Waals surface area contributed by atoms with E-state index < -0.39 is 12.1 Å². The van der Waals surface area contributed by atoms with Gasteiger partial charge in [-0.2, -0.15) is 0 Å². The van der Waals surface area contributed by atoms with Crippen molar-refractivity contribution < 1.29 is 14.7 Å². The molecule has 0 radical (unpaired) electrons. The van der Waals surface area contributed by atoms with Crippen molar-refractivity contribution in [3.8, 4) is 0 Å². The number of hydrogen-bond donors (Lipinski definition) is 3. The number of ketones is 1. The topological polar surface area (TPSA) is 109 Å². The molecule has 1 aliphatic heterocycles. The first-order valence-electron chi connectivity index (χ1n) is 5.99. The zero-order chi connectivity index (χ0) is 14.0. The molecular formula is C12H16N4O3. The van der Waals surface area contributed by atoms with Crippen molar-refractivity contribution in [3.05, 3.63) is 23.9 Å². The van der Waals surface area contributed by atoms with Crippen LogP contribution in [0.2, 0.25) is 0 Å². The third kappa shape index (κ3) is 2.65. The Kier molecular flexibility index (Phi) is 3.66. The van der Waals surface area contributed by atoms with E-state index in [-0.39, 0.29) is 11.8 Å². The molecule has 102 valence electrons. The average molecular weight is 264 g/mol. The molecule has 1 amide bonds. The van der Waals surface area contributed by atoms with Crippen molar-refractivity contribution in [1.82, 2.24) is 15.2 Å². The van der Waals surface area contributed by atoms with E-state index in [0.717, 1.165) is 0 Å². The molecule has 1 aromatic rings. The van der Waals surface area contributed by atoms with E-state index in [1.54, 1.807) is 13.0 Å². The lowest BCUT2D eigenvalue weighted by Gasteiger charge is -2.37. The minimum Gasteiger partial charge on any atom is -0.465 e. The van der Waals surface area contributed by atoms with Gasteiger partial charge in [0.15, 0.2) is 5.78 Å². The van der Waals surface area contributed by atoms with Gasteiger partial charge < -0.3 is 16.2 Å². The second-order valence-corrected chi connectivity index (χ2v) is 4.50. The molecule has 0 aromatic carbocycles. The lowest BCUT2D eigenvalue weighted by atomic mass is 9.96. The van der Waals surface area contributed by atoms with Gasteiger partial charge in [0, 0.05) is 30.9 Å². The summed E-state index contributed by atoms with van der Waals surface area (Å²) in [5.41, 5.74) is 5.83. The van der Waals surface area contributed by atoms with Gasteiger partial charge in [-0.3, -0.25) is 9.69 Å². The monoisotopic (exact) mass is 264 g/mol. The number of amides is 1. The van der Waals surface area contributed by atoms with E-state index in [9.17, 15) is 14.7 Å². The quantitative estimate of drug-likeness (QED) is 0.658. The van der Waals surface area contributed by atoms with E-state index in [1.165, 1.54) is 17.2 Å². The minimum absolute atomic E-state index is 0.241. The number of nitrogens with two attached hydrogens (primary N) is 1. The Balaban J connectivity index is 2.28. The highest BCUT2D eigenvalue weighted by Crippen LogP contribution is 2.16. The van der Waals surface area contributed by atoms with Crippen LogP contribution >= 0.6 is 0 Å². The van der Waals surface area contributed by atoms with Crippen LogP contribution < -0.4 is 11.1 Å². The third-order valence-electron chi connectivity index (χ3n) is 3.21. The van der Waals surface area contributed by atoms with Crippen molar-refractivity contribution in [2.45, 2.75) is 19.0 Å². The van der Waals surface area contributed by atoms with Gasteiger partial charge in [0.25, 0.3) is 0 Å². The van der Waals surface area contributed by atoms with Crippen molar-refractivity contribution in [2.24, 2.45) is 0 Å². The number of hydrogen-bond acceptors (Lipinski definition) is 5. The number of nitrogens with zero attached hydrogens (tertiary/aromatic N) is 2. The largest absolute Gasteiger partial charge is 0.465 e. The van der Waals surface area contributed by atoms with Crippen LogP contribution in [-0.2, 0) is 0 Å². The minimum atomic E-state index is -1.09. The Labute approximate surface area is 110 Å². The molecule has 2 rings (SSSR count). The van der Waals surface area contributed by atoms with Crippen LogP contribution in [0.15, 0.2) is 18.3 Å². The Hall–Kier alpha value is -2.15. The SMILES string of the molecule is CC1NCCN(C(=O)O)C1C(=O)c1ccc(N)nc1. The summed E-state index contributed by atoms with van der Waals surface area (Å²) in [5.74, 6) is 0.0519. The number of piperazine rings is 1. The van der Waals surface area contributed by atoms with Crippen LogP contribution in [0.5, 0.6) is 0 Å². The van der Waals surface area contributed by atoms with Crippen LogP contribution in [0, 0.1) is 0 Å². The third-order valence-corrected chi connectivity index (χ3v) is 3.21. The van der Waals surface area contributed by atoms with Crippen LogP contribution in [0.1, 0.15) is 17.3 Å². The molecule has 4 N–H and O–H groups in total. The normalized spacial score (nSPS) is 23.1. The standard InChI is InChI=1S/C12H16N4O3/c1-7-10(16(12(18)19)5-4-14-7)11(17)8-2-3-9(13)15-6-8/h2-3,6-7,10,14H,4-5H2,1H3,(H2,13,15)(H,18,19). The van der Waals surface area contributed by atoms with Crippen LogP contribution in [0.3, 0.4) is 0 Å². The van der Waals surface area contributed by atoms with E-state index in [4.69, 9.17) is 5.73 Å². The molecule has 1 aliphatic rings. The van der Waals surface area contributed by atoms with E-state index in [1.807, 2.05) is 0 Å². The van der Waals surface area contributed by atoms with Crippen LogP contribution in [-0.4, -0.2) is 52.0 Å². The van der Waals surface area contributed by atoms with Crippen molar-refractivity contribution in [1.29, 1.82) is 0 Å². The summed E-state index contributed by atoms with van der Waals surface area (Å²) in [5, 5.41) is 12.3. The lowest BCUT2D eigenvalue weighted by molar-refractivity contribution is 0.0665. The Morgan fingerprint density at radius 2 is 2.26 bits per heavy atom. The molecule has 2 heterocycles. The molecule has 7 heteroatoms. The van der Waals surface area contributed by atoms with Crippen LogP contribution in [0.4, 0.5) is 10.6 Å². The predicted molar refractivity (Wildman–Crippen MR) is 69.0 cm³/mol. The summed E-state index contributed by atoms with van der Waals surface area (Å²) in [7, 11) is 0. The van der Waals surface area contributed by atoms with Crippen molar-refractivity contribution >= 4 is 17.7 Å². The summed E-state index contributed by atoms with van der Waals surface area (Å²) in [6.45, 7) is 2.62. The molecule has 19 heavy (non-hydrogen) atoms. The lowest BCUT2D eigenvalue weighted by Crippen LogP contribution is -2.61. The summed E-state index contributed by atoms with van der Waals surface area (Å²) in [6, 6.07) is 2.11. The first kappa shape index (κ1) is 13.3. The van der Waals surface area contributed by atoms with Gasteiger partial charge in [0.05, 0.1) is 0 Å². The molecule has 1 fully saturated rings. The number of rotatable bonds is 2. The second-order valence-electron chi connectivity index (χ2n) is 4.50. The maximum absolute atomic E-state index is 12.4. The highest BCUT2D eigenvalue weighted by atomic mass is 16.4. The van der Waals surface area contributed by atoms with Crippen molar-refractivity contribution in [2.75, 3.05) is 18.8 Å². The van der Waals surface area contributed by atoms with Crippen LogP contribution in [0.25, 0.3) is 0 Å². The molecule has 0 aliphatic carbocycles. The van der Waals surface area contributed by atoms with Gasteiger partial charge in [-0.1, -0.05) is 0 Å². The number of pyridine rings is 1. The number of carbonyl (C=O) groups excluding carboxylic acids is 1. The fraction of sp³-hybridized carbons (Fsp3) is 0.417. The maximum Gasteiger partial charge on any atom is 0.408 e. The molecule has 2 unspecified atom stereocenters. The fourth-order valence-electron chi connectivity index (χ4n) is 2.24. The summed E-state index contributed by atoms with van der Waals surface area (Å²) in [6.07, 6.45) is 0.286. The number of carbonyl (C=O) groups is 2. The maximum atomic E-state index is 12.4. The van der Waals surface area contributed by atoms with Gasteiger partial charge in [-0.05, 0) is 19.1 Å². The average Bonchev–Trinajstić information content (AvgIpc) is 2.38. The molecule has 7 nitrogen and oxygen atoms in total. The predicted octanol–water partition coefficient (Wildman–Crippen LogP) is 0.187. The highest BCUT2D eigenvalue weighted by molar-refractivity contribution is 6.01. The van der Waals surface area contributed by atoms with Gasteiger partial charge >= 0.3 is 6.09 Å². The summed E-state index contributed by atoms with van der Waals surface area (Å²) in [4.78, 5) is 28.6. The Bertz CT molecular complexity index is 488. The Morgan fingerprint density at radius 3 is 2.84 bits per heavy atom. The number of nitrogens with one attached hydrogen (secondary N) is 1. The zero-order valence-corrected chi connectivity index (χ0v) is 10.5. The molecule has 0 saturated carbocycles.